The van der Waals surface area contributed by atoms with E-state index in [0.29, 0.717) is 11.9 Å². The molecule has 0 aromatic carbocycles. The number of aromatic nitrogens is 3. The monoisotopic (exact) mass is 296 g/mol. The van der Waals surface area contributed by atoms with Crippen molar-refractivity contribution in [1.29, 1.82) is 0 Å². The van der Waals surface area contributed by atoms with Gasteiger partial charge in [-0.3, -0.25) is 0 Å². The van der Waals surface area contributed by atoms with Gasteiger partial charge in [0.2, 0.25) is 17.8 Å². The molecule has 0 aliphatic heterocycles. The van der Waals surface area contributed by atoms with Crippen molar-refractivity contribution in [1.82, 2.24) is 15.0 Å². The number of nitrogens with zero attached hydrogens (tertiary/aromatic N) is 4. The first-order valence-corrected chi connectivity index (χ1v) is 6.36. The number of thioether (sulfide) groups is 1. The molecule has 0 saturated heterocycles. The van der Waals surface area contributed by atoms with Crippen molar-refractivity contribution in [3.8, 4) is 0 Å². The zero-order chi connectivity index (χ0) is 14.5. The fraction of sp³-hybridized carbons (Fsp3) is 0.667. The van der Waals surface area contributed by atoms with Crippen LogP contribution in [0.25, 0.3) is 0 Å². The van der Waals surface area contributed by atoms with Gasteiger partial charge in [0.15, 0.2) is 0 Å². The smallest absolute Gasteiger partial charge is 0.357 e. The number of halogens is 3. The highest BCUT2D eigenvalue weighted by atomic mass is 32.2. The maximum absolute atomic E-state index is 11.9. The summed E-state index contributed by atoms with van der Waals surface area (Å²) in [6, 6.07) is 0. The van der Waals surface area contributed by atoms with Gasteiger partial charge in [-0.2, -0.15) is 28.1 Å². The number of nitrogens with one attached hydrogen (secondary N) is 2. The summed E-state index contributed by atoms with van der Waals surface area (Å²) in [4.78, 5) is 13.8. The van der Waals surface area contributed by atoms with Crippen LogP contribution < -0.4 is 15.5 Å². The number of hydrogen-bond donors (Lipinski definition) is 2. The first-order valence-electron chi connectivity index (χ1n) is 5.37. The van der Waals surface area contributed by atoms with Gasteiger partial charge >= 0.3 is 5.51 Å². The lowest BCUT2D eigenvalue weighted by Crippen LogP contribution is -2.17. The Labute approximate surface area is 113 Å². The van der Waals surface area contributed by atoms with Crippen LogP contribution in [-0.4, -0.2) is 53.9 Å². The Kier molecular flexibility index (Phi) is 5.45. The average molecular weight is 296 g/mol. The van der Waals surface area contributed by atoms with E-state index in [1.54, 1.807) is 26.0 Å². The number of alkyl halides is 3. The lowest BCUT2D eigenvalue weighted by atomic mass is 10.7. The van der Waals surface area contributed by atoms with E-state index in [1.165, 1.54) is 0 Å². The summed E-state index contributed by atoms with van der Waals surface area (Å²) in [5, 5.41) is 5.50. The highest BCUT2D eigenvalue weighted by molar-refractivity contribution is 8.00. The zero-order valence-corrected chi connectivity index (χ0v) is 11.6. The third-order valence-corrected chi connectivity index (χ3v) is 2.63. The summed E-state index contributed by atoms with van der Waals surface area (Å²) in [5.74, 6) is 0.905. The average Bonchev–Trinajstić information content (AvgIpc) is 2.33. The van der Waals surface area contributed by atoms with Crippen molar-refractivity contribution in [2.24, 2.45) is 0 Å². The number of rotatable bonds is 6. The second kappa shape index (κ2) is 6.64. The van der Waals surface area contributed by atoms with Crippen molar-refractivity contribution in [3.05, 3.63) is 0 Å². The van der Waals surface area contributed by atoms with Crippen LogP contribution in [0.4, 0.5) is 31.0 Å². The summed E-state index contributed by atoms with van der Waals surface area (Å²) in [5.41, 5.74) is -4.22. The molecule has 0 saturated carbocycles. The molecule has 2 N–H and O–H groups in total. The second-order valence-electron chi connectivity index (χ2n) is 3.65. The predicted octanol–water partition coefficient (Wildman–Crippen LogP) is 1.64. The van der Waals surface area contributed by atoms with Crippen LogP contribution >= 0.6 is 11.8 Å². The molecule has 0 aliphatic carbocycles. The van der Waals surface area contributed by atoms with E-state index >= 15 is 0 Å². The van der Waals surface area contributed by atoms with Gasteiger partial charge in [0, 0.05) is 33.4 Å². The van der Waals surface area contributed by atoms with Crippen molar-refractivity contribution in [2.75, 3.05) is 49.0 Å². The van der Waals surface area contributed by atoms with Crippen LogP contribution in [-0.2, 0) is 0 Å². The van der Waals surface area contributed by atoms with Crippen molar-refractivity contribution in [3.63, 3.8) is 0 Å². The molecule has 0 fully saturated rings. The second-order valence-corrected chi connectivity index (χ2v) is 4.81. The van der Waals surface area contributed by atoms with Crippen molar-refractivity contribution in [2.45, 2.75) is 5.51 Å². The molecule has 0 aliphatic rings. The Morgan fingerprint density at radius 2 is 1.79 bits per heavy atom. The van der Waals surface area contributed by atoms with Gasteiger partial charge in [-0.05, 0) is 11.8 Å². The van der Waals surface area contributed by atoms with E-state index in [1.807, 2.05) is 0 Å². The summed E-state index contributed by atoms with van der Waals surface area (Å²) < 4.78 is 35.8. The third-order valence-electron chi connectivity index (χ3n) is 1.90. The molecule has 0 unspecified atom stereocenters. The van der Waals surface area contributed by atoms with Gasteiger partial charge in [0.25, 0.3) is 0 Å². The van der Waals surface area contributed by atoms with Gasteiger partial charge in [-0.15, -0.1) is 0 Å². The topological polar surface area (TPSA) is 66.0 Å². The maximum atomic E-state index is 11.9. The predicted molar refractivity (Wildman–Crippen MR) is 70.7 cm³/mol. The molecule has 0 atom stereocenters. The van der Waals surface area contributed by atoms with Gasteiger partial charge in [0.05, 0.1) is 0 Å². The van der Waals surface area contributed by atoms with E-state index in [9.17, 15) is 13.2 Å². The Morgan fingerprint density at radius 1 is 1.16 bits per heavy atom. The van der Waals surface area contributed by atoms with Crippen LogP contribution in [0, 0.1) is 0 Å². The maximum Gasteiger partial charge on any atom is 0.441 e. The zero-order valence-electron chi connectivity index (χ0n) is 10.7. The SMILES string of the molecule is CNc1nc(NCCSC(F)(F)F)nc(N(C)C)n1. The Morgan fingerprint density at radius 3 is 2.32 bits per heavy atom. The molecule has 1 aromatic rings. The molecule has 1 heterocycles. The first-order chi connectivity index (χ1) is 8.81. The van der Waals surface area contributed by atoms with Crippen LogP contribution in [0.1, 0.15) is 0 Å². The molecule has 108 valence electrons. The molecule has 0 bridgehead atoms. The van der Waals surface area contributed by atoms with Crippen LogP contribution in [0.15, 0.2) is 0 Å². The van der Waals surface area contributed by atoms with E-state index in [-0.39, 0.29) is 30.0 Å². The largest absolute Gasteiger partial charge is 0.441 e. The number of hydrogen-bond acceptors (Lipinski definition) is 7. The minimum Gasteiger partial charge on any atom is -0.357 e. The summed E-state index contributed by atoms with van der Waals surface area (Å²) >= 11 is -0.0865. The van der Waals surface area contributed by atoms with Crippen molar-refractivity contribution < 1.29 is 13.2 Å². The standard InChI is InChI=1S/C9H15F3N6S/c1-13-6-15-7(17-8(16-6)18(2)3)14-4-5-19-9(10,11)12/h4-5H2,1-3H3,(H2,13,14,15,16,17). The van der Waals surface area contributed by atoms with Gasteiger partial charge < -0.3 is 15.5 Å². The highest BCUT2D eigenvalue weighted by Gasteiger charge is 2.27. The van der Waals surface area contributed by atoms with Crippen LogP contribution in [0.5, 0.6) is 0 Å². The molecule has 1 rings (SSSR count). The minimum absolute atomic E-state index is 0.0865. The molecular formula is C9H15F3N6S. The Balaban J connectivity index is 2.60. The van der Waals surface area contributed by atoms with E-state index in [0.717, 1.165) is 0 Å². The fourth-order valence-electron chi connectivity index (χ4n) is 1.09. The molecular weight excluding hydrogens is 281 g/mol. The van der Waals surface area contributed by atoms with Crippen LogP contribution in [0.3, 0.4) is 0 Å². The fourth-order valence-corrected chi connectivity index (χ4v) is 1.52. The lowest BCUT2D eigenvalue weighted by molar-refractivity contribution is -0.0327. The molecule has 10 heteroatoms. The van der Waals surface area contributed by atoms with Gasteiger partial charge in [-0.1, -0.05) is 0 Å². The summed E-state index contributed by atoms with van der Waals surface area (Å²) in [6.07, 6.45) is 0. The van der Waals surface area contributed by atoms with Gasteiger partial charge in [0.1, 0.15) is 0 Å². The molecule has 0 radical (unpaired) electrons. The van der Waals surface area contributed by atoms with E-state index in [4.69, 9.17) is 0 Å². The van der Waals surface area contributed by atoms with E-state index in [2.05, 4.69) is 25.6 Å². The third kappa shape index (κ3) is 5.81. The summed E-state index contributed by atoms with van der Waals surface area (Å²) in [7, 11) is 5.17. The quantitative estimate of drug-likeness (QED) is 0.774. The van der Waals surface area contributed by atoms with Gasteiger partial charge in [-0.25, -0.2) is 0 Å². The van der Waals surface area contributed by atoms with Crippen LogP contribution in [0.2, 0.25) is 0 Å². The van der Waals surface area contributed by atoms with E-state index < -0.39 is 5.51 Å². The molecule has 19 heavy (non-hydrogen) atoms. The van der Waals surface area contributed by atoms with Crippen molar-refractivity contribution >= 4 is 29.6 Å². The number of anilines is 3. The minimum atomic E-state index is -4.22. The molecule has 0 amide bonds. The molecule has 0 spiro atoms. The summed E-state index contributed by atoms with van der Waals surface area (Å²) in [6.45, 7) is 0.115. The normalized spacial score (nSPS) is 11.3. The first kappa shape index (κ1) is 15.6. The lowest BCUT2D eigenvalue weighted by Gasteiger charge is -2.13. The Bertz CT molecular complexity index is 411. The molecule has 6 nitrogen and oxygen atoms in total. The highest BCUT2D eigenvalue weighted by Crippen LogP contribution is 2.29. The molecule has 1 aromatic heterocycles. The Hall–Kier alpha value is -1.45.